The number of nitrogens with zero attached hydrogens (tertiary/aromatic N) is 1. The predicted octanol–water partition coefficient (Wildman–Crippen LogP) is 3.99. The first-order valence-electron chi connectivity index (χ1n) is 9.30. The number of nitrogen functional groups attached to an aromatic ring is 1. The standard InChI is InChI=1S/C22H30N2O/c1-17-16-24(14-12-21(25)18-8-10-20(23)11-9-18)15-13-22(17,2)19-6-4-3-5-7-19/h3-11,17,21,25H,12-16,23H2,1-2H3. The molecule has 0 aromatic heterocycles. The van der Waals surface area contributed by atoms with Crippen molar-refractivity contribution < 1.29 is 5.11 Å². The summed E-state index contributed by atoms with van der Waals surface area (Å²) in [6.07, 6.45) is 1.51. The summed E-state index contributed by atoms with van der Waals surface area (Å²) in [5, 5.41) is 10.4. The molecule has 2 aromatic carbocycles. The highest BCUT2D eigenvalue weighted by atomic mass is 16.3. The highest BCUT2D eigenvalue weighted by molar-refractivity contribution is 5.39. The van der Waals surface area contributed by atoms with Crippen molar-refractivity contribution >= 4 is 5.69 Å². The van der Waals surface area contributed by atoms with Crippen LogP contribution in [0.25, 0.3) is 0 Å². The van der Waals surface area contributed by atoms with Gasteiger partial charge in [-0.05, 0) is 54.0 Å². The van der Waals surface area contributed by atoms with Gasteiger partial charge in [0.1, 0.15) is 0 Å². The largest absolute Gasteiger partial charge is 0.399 e. The Bertz CT molecular complexity index is 670. The van der Waals surface area contributed by atoms with Gasteiger partial charge in [-0.25, -0.2) is 0 Å². The first kappa shape index (κ1) is 18.0. The Morgan fingerprint density at radius 3 is 2.48 bits per heavy atom. The number of anilines is 1. The Balaban J connectivity index is 1.55. The van der Waals surface area contributed by atoms with Crippen LogP contribution in [0.3, 0.4) is 0 Å². The fraction of sp³-hybridized carbons (Fsp3) is 0.455. The Labute approximate surface area is 151 Å². The van der Waals surface area contributed by atoms with Crippen molar-refractivity contribution in [3.63, 3.8) is 0 Å². The van der Waals surface area contributed by atoms with Crippen molar-refractivity contribution in [2.24, 2.45) is 5.92 Å². The normalized spacial score (nSPS) is 25.6. The number of nitrogens with two attached hydrogens (primary N) is 1. The lowest BCUT2D eigenvalue weighted by atomic mass is 9.68. The third-order valence-corrected chi connectivity index (χ3v) is 6.04. The number of benzene rings is 2. The van der Waals surface area contributed by atoms with E-state index in [4.69, 9.17) is 5.73 Å². The van der Waals surface area contributed by atoms with Crippen LogP contribution in [0.5, 0.6) is 0 Å². The number of aliphatic hydroxyl groups is 1. The summed E-state index contributed by atoms with van der Waals surface area (Å²) in [5.41, 5.74) is 9.10. The number of piperidine rings is 1. The SMILES string of the molecule is CC1CN(CCC(O)c2ccc(N)cc2)CCC1(C)c1ccccc1. The van der Waals surface area contributed by atoms with Crippen LogP contribution < -0.4 is 5.73 Å². The second kappa shape index (κ2) is 7.59. The van der Waals surface area contributed by atoms with Gasteiger partial charge >= 0.3 is 0 Å². The molecule has 0 spiro atoms. The molecule has 3 atom stereocenters. The van der Waals surface area contributed by atoms with Crippen LogP contribution in [0.2, 0.25) is 0 Å². The van der Waals surface area contributed by atoms with E-state index in [-0.39, 0.29) is 5.41 Å². The monoisotopic (exact) mass is 338 g/mol. The molecule has 0 aliphatic carbocycles. The lowest BCUT2D eigenvalue weighted by molar-refractivity contribution is 0.0869. The predicted molar refractivity (Wildman–Crippen MR) is 104 cm³/mol. The van der Waals surface area contributed by atoms with Gasteiger partial charge in [0.2, 0.25) is 0 Å². The van der Waals surface area contributed by atoms with Gasteiger partial charge in [0.25, 0.3) is 0 Å². The van der Waals surface area contributed by atoms with E-state index in [2.05, 4.69) is 49.1 Å². The van der Waals surface area contributed by atoms with E-state index in [1.54, 1.807) is 0 Å². The molecule has 1 aliphatic heterocycles. The van der Waals surface area contributed by atoms with Crippen molar-refractivity contribution in [2.75, 3.05) is 25.4 Å². The number of likely N-dealkylation sites (tertiary alicyclic amines) is 1. The van der Waals surface area contributed by atoms with E-state index >= 15 is 0 Å². The second-order valence-corrected chi connectivity index (χ2v) is 7.71. The maximum atomic E-state index is 10.4. The Morgan fingerprint density at radius 2 is 1.84 bits per heavy atom. The molecule has 1 fully saturated rings. The minimum Gasteiger partial charge on any atom is -0.399 e. The smallest absolute Gasteiger partial charge is 0.0802 e. The van der Waals surface area contributed by atoms with E-state index in [0.717, 1.165) is 43.7 Å². The zero-order valence-electron chi connectivity index (χ0n) is 15.4. The average Bonchev–Trinajstić information content (AvgIpc) is 2.64. The zero-order valence-corrected chi connectivity index (χ0v) is 15.4. The highest BCUT2D eigenvalue weighted by Gasteiger charge is 2.37. The van der Waals surface area contributed by atoms with Gasteiger partial charge in [-0.15, -0.1) is 0 Å². The lowest BCUT2D eigenvalue weighted by Gasteiger charge is -2.45. The van der Waals surface area contributed by atoms with Gasteiger partial charge in [0.15, 0.2) is 0 Å². The number of aliphatic hydroxyl groups excluding tert-OH is 1. The molecule has 3 nitrogen and oxygen atoms in total. The van der Waals surface area contributed by atoms with Gasteiger partial charge in [-0.3, -0.25) is 0 Å². The van der Waals surface area contributed by atoms with Crippen LogP contribution in [-0.4, -0.2) is 29.6 Å². The van der Waals surface area contributed by atoms with Crippen LogP contribution in [0.4, 0.5) is 5.69 Å². The summed E-state index contributed by atoms with van der Waals surface area (Å²) in [6, 6.07) is 18.4. The molecule has 0 saturated carbocycles. The third-order valence-electron chi connectivity index (χ3n) is 6.04. The van der Waals surface area contributed by atoms with Crippen molar-refractivity contribution in [2.45, 2.75) is 38.2 Å². The zero-order chi connectivity index (χ0) is 17.9. The van der Waals surface area contributed by atoms with Crippen molar-refractivity contribution in [1.29, 1.82) is 0 Å². The molecule has 1 saturated heterocycles. The molecule has 3 N–H and O–H groups in total. The van der Waals surface area contributed by atoms with E-state index in [1.165, 1.54) is 5.56 Å². The summed E-state index contributed by atoms with van der Waals surface area (Å²) in [5.74, 6) is 0.595. The average molecular weight is 338 g/mol. The van der Waals surface area contributed by atoms with Crippen LogP contribution in [0.15, 0.2) is 54.6 Å². The van der Waals surface area contributed by atoms with Crippen molar-refractivity contribution in [1.82, 2.24) is 4.90 Å². The first-order chi connectivity index (χ1) is 12.0. The summed E-state index contributed by atoms with van der Waals surface area (Å²) in [6.45, 7) is 7.86. The Hall–Kier alpha value is -1.84. The van der Waals surface area contributed by atoms with Crippen LogP contribution in [-0.2, 0) is 5.41 Å². The van der Waals surface area contributed by atoms with Crippen molar-refractivity contribution in [3.05, 3.63) is 65.7 Å². The third kappa shape index (κ3) is 4.05. The molecule has 0 amide bonds. The molecular weight excluding hydrogens is 308 g/mol. The Kier molecular flexibility index (Phi) is 5.45. The Morgan fingerprint density at radius 1 is 1.16 bits per heavy atom. The molecule has 3 rings (SSSR count). The van der Waals surface area contributed by atoms with Gasteiger partial charge in [0, 0.05) is 18.8 Å². The molecule has 25 heavy (non-hydrogen) atoms. The maximum Gasteiger partial charge on any atom is 0.0802 e. The molecular formula is C22H30N2O. The molecule has 3 heteroatoms. The molecule has 0 bridgehead atoms. The van der Waals surface area contributed by atoms with Crippen molar-refractivity contribution in [3.8, 4) is 0 Å². The van der Waals surface area contributed by atoms with Crippen LogP contribution >= 0.6 is 0 Å². The molecule has 2 aromatic rings. The van der Waals surface area contributed by atoms with E-state index in [1.807, 2.05) is 24.3 Å². The number of rotatable bonds is 5. The first-order valence-corrected chi connectivity index (χ1v) is 9.30. The molecule has 3 unspecified atom stereocenters. The van der Waals surface area contributed by atoms with Crippen LogP contribution in [0, 0.1) is 5.92 Å². The maximum absolute atomic E-state index is 10.4. The highest BCUT2D eigenvalue weighted by Crippen LogP contribution is 2.39. The number of hydrogen-bond acceptors (Lipinski definition) is 3. The van der Waals surface area contributed by atoms with E-state index in [9.17, 15) is 5.11 Å². The molecule has 0 radical (unpaired) electrons. The minimum absolute atomic E-state index is 0.243. The topological polar surface area (TPSA) is 49.5 Å². The summed E-state index contributed by atoms with van der Waals surface area (Å²) in [7, 11) is 0. The van der Waals surface area contributed by atoms with Gasteiger partial charge < -0.3 is 15.7 Å². The van der Waals surface area contributed by atoms with E-state index < -0.39 is 6.10 Å². The van der Waals surface area contributed by atoms with Gasteiger partial charge in [-0.1, -0.05) is 56.3 Å². The van der Waals surface area contributed by atoms with Crippen LogP contribution in [0.1, 0.15) is 43.9 Å². The van der Waals surface area contributed by atoms with Gasteiger partial charge in [-0.2, -0.15) is 0 Å². The fourth-order valence-electron chi connectivity index (χ4n) is 3.96. The quantitative estimate of drug-likeness (QED) is 0.811. The lowest BCUT2D eigenvalue weighted by Crippen LogP contribution is -2.47. The molecule has 134 valence electrons. The summed E-state index contributed by atoms with van der Waals surface area (Å²) in [4.78, 5) is 2.50. The molecule has 1 aliphatic rings. The summed E-state index contributed by atoms with van der Waals surface area (Å²) < 4.78 is 0. The fourth-order valence-corrected chi connectivity index (χ4v) is 3.96. The van der Waals surface area contributed by atoms with E-state index in [0.29, 0.717) is 5.92 Å². The summed E-state index contributed by atoms with van der Waals surface area (Å²) >= 11 is 0. The van der Waals surface area contributed by atoms with Gasteiger partial charge in [0.05, 0.1) is 6.10 Å². The minimum atomic E-state index is -0.418. The second-order valence-electron chi connectivity index (χ2n) is 7.71. The number of hydrogen-bond donors (Lipinski definition) is 2. The molecule has 1 heterocycles.